The van der Waals surface area contributed by atoms with E-state index in [4.69, 9.17) is 0 Å². The summed E-state index contributed by atoms with van der Waals surface area (Å²) >= 11 is 0. The molecule has 4 nitrogen and oxygen atoms in total. The fourth-order valence-electron chi connectivity index (χ4n) is 3.11. The van der Waals surface area contributed by atoms with Crippen LogP contribution in [0.15, 0.2) is 12.3 Å². The van der Waals surface area contributed by atoms with Gasteiger partial charge >= 0.3 is 0 Å². The van der Waals surface area contributed by atoms with Crippen LogP contribution in [0.25, 0.3) is 0 Å². The van der Waals surface area contributed by atoms with Crippen molar-refractivity contribution in [1.29, 1.82) is 0 Å². The minimum absolute atomic E-state index is 0.334. The highest BCUT2D eigenvalue weighted by molar-refractivity contribution is 5.80. The molecule has 0 bridgehead atoms. The molecule has 2 aliphatic rings. The molecule has 104 valence electrons. The molecule has 1 saturated carbocycles. The van der Waals surface area contributed by atoms with Crippen LogP contribution in [0.2, 0.25) is 0 Å². The molecule has 0 atom stereocenters. The van der Waals surface area contributed by atoms with Gasteiger partial charge in [0.25, 0.3) is 0 Å². The van der Waals surface area contributed by atoms with E-state index in [-0.39, 0.29) is 0 Å². The lowest BCUT2D eigenvalue weighted by atomic mass is 9.95. The van der Waals surface area contributed by atoms with Gasteiger partial charge in [-0.15, -0.1) is 0 Å². The monoisotopic (exact) mass is 261 g/mol. The fourth-order valence-corrected chi connectivity index (χ4v) is 3.11. The fraction of sp³-hybridized carbons (Fsp3) is 0.733. The van der Waals surface area contributed by atoms with Gasteiger partial charge in [-0.05, 0) is 37.9 Å². The first-order valence-corrected chi connectivity index (χ1v) is 7.58. The Balaban J connectivity index is 1.53. The molecule has 1 N–H and O–H groups in total. The Labute approximate surface area is 114 Å². The van der Waals surface area contributed by atoms with Gasteiger partial charge in [0.15, 0.2) is 0 Å². The van der Waals surface area contributed by atoms with Crippen molar-refractivity contribution in [3.05, 3.63) is 18.0 Å². The third kappa shape index (κ3) is 3.24. The average Bonchev–Trinajstić information content (AvgIpc) is 2.83. The summed E-state index contributed by atoms with van der Waals surface area (Å²) in [6, 6.07) is 2.58. The summed E-state index contributed by atoms with van der Waals surface area (Å²) < 4.78 is 2.09. The van der Waals surface area contributed by atoms with Gasteiger partial charge in [-0.1, -0.05) is 19.3 Å². The van der Waals surface area contributed by atoms with Crippen LogP contribution in [0.3, 0.4) is 0 Å². The summed E-state index contributed by atoms with van der Waals surface area (Å²) in [5.74, 6) is 0.897. The lowest BCUT2D eigenvalue weighted by Crippen LogP contribution is -2.43. The highest BCUT2D eigenvalue weighted by Crippen LogP contribution is 2.27. The van der Waals surface area contributed by atoms with E-state index in [0.717, 1.165) is 18.8 Å². The summed E-state index contributed by atoms with van der Waals surface area (Å²) in [7, 11) is 0. The molecular formula is C15H23N3O. The number of ketones is 1. The predicted molar refractivity (Wildman–Crippen MR) is 74.0 cm³/mol. The van der Waals surface area contributed by atoms with Crippen molar-refractivity contribution in [3.63, 3.8) is 0 Å². The Morgan fingerprint density at radius 2 is 2.11 bits per heavy atom. The summed E-state index contributed by atoms with van der Waals surface area (Å²) in [5.41, 5.74) is 0.947. The minimum Gasteiger partial charge on any atom is -0.316 e. The molecule has 4 heteroatoms. The first kappa shape index (κ1) is 12.9. The van der Waals surface area contributed by atoms with Crippen LogP contribution >= 0.6 is 0 Å². The largest absolute Gasteiger partial charge is 0.316 e. The third-order valence-electron chi connectivity index (χ3n) is 4.37. The molecule has 2 heterocycles. The standard InChI is InChI=1S/C15H23N3O/c19-15(8-12-10-16-11-12)9-13-6-7-18(17-13)14-4-2-1-3-5-14/h6-7,12,14,16H,1-5,8-11H2. The number of hydrogen-bond acceptors (Lipinski definition) is 3. The second-order valence-electron chi connectivity index (χ2n) is 6.02. The smallest absolute Gasteiger partial charge is 0.139 e. The Bertz CT molecular complexity index is 430. The number of rotatable bonds is 5. The van der Waals surface area contributed by atoms with E-state index in [1.807, 2.05) is 6.07 Å². The van der Waals surface area contributed by atoms with E-state index in [1.165, 1.54) is 32.1 Å². The quantitative estimate of drug-likeness (QED) is 0.883. The lowest BCUT2D eigenvalue weighted by molar-refractivity contribution is -0.119. The zero-order valence-electron chi connectivity index (χ0n) is 11.5. The van der Waals surface area contributed by atoms with Crippen molar-refractivity contribution in [2.45, 2.75) is 51.0 Å². The van der Waals surface area contributed by atoms with Gasteiger partial charge in [-0.25, -0.2) is 0 Å². The topological polar surface area (TPSA) is 46.9 Å². The first-order chi connectivity index (χ1) is 9.31. The SMILES string of the molecule is O=C(Cc1ccn(C2CCCCC2)n1)CC1CNC1. The molecule has 0 aromatic carbocycles. The van der Waals surface area contributed by atoms with Crippen molar-refractivity contribution < 1.29 is 4.79 Å². The molecule has 2 fully saturated rings. The minimum atomic E-state index is 0.334. The van der Waals surface area contributed by atoms with E-state index < -0.39 is 0 Å². The van der Waals surface area contributed by atoms with Crippen molar-refractivity contribution >= 4 is 5.78 Å². The Hall–Kier alpha value is -1.16. The Morgan fingerprint density at radius 1 is 1.32 bits per heavy atom. The summed E-state index contributed by atoms with van der Waals surface area (Å²) in [4.78, 5) is 11.9. The van der Waals surface area contributed by atoms with E-state index in [2.05, 4.69) is 21.3 Å². The van der Waals surface area contributed by atoms with Gasteiger partial charge in [0.1, 0.15) is 5.78 Å². The van der Waals surface area contributed by atoms with Crippen LogP contribution in [0, 0.1) is 5.92 Å². The van der Waals surface area contributed by atoms with Crippen LogP contribution in [0.1, 0.15) is 50.3 Å². The van der Waals surface area contributed by atoms with Gasteiger partial charge in [-0.2, -0.15) is 5.10 Å². The van der Waals surface area contributed by atoms with E-state index in [9.17, 15) is 4.79 Å². The van der Waals surface area contributed by atoms with Crippen LogP contribution in [-0.4, -0.2) is 28.7 Å². The predicted octanol–water partition coefficient (Wildman–Crippen LogP) is 2.11. The van der Waals surface area contributed by atoms with Gasteiger partial charge < -0.3 is 5.32 Å². The Morgan fingerprint density at radius 3 is 2.79 bits per heavy atom. The molecule has 0 radical (unpaired) electrons. The summed E-state index contributed by atoms with van der Waals surface area (Å²) in [6.45, 7) is 2.00. The number of carbonyl (C=O) groups excluding carboxylic acids is 1. The van der Waals surface area contributed by atoms with E-state index in [1.54, 1.807) is 0 Å². The maximum atomic E-state index is 11.9. The molecule has 0 amide bonds. The number of carbonyl (C=O) groups is 1. The third-order valence-corrected chi connectivity index (χ3v) is 4.37. The number of hydrogen-bond donors (Lipinski definition) is 1. The molecule has 3 rings (SSSR count). The van der Waals surface area contributed by atoms with Crippen molar-refractivity contribution in [1.82, 2.24) is 15.1 Å². The van der Waals surface area contributed by atoms with E-state index in [0.29, 0.717) is 30.6 Å². The first-order valence-electron chi connectivity index (χ1n) is 7.58. The van der Waals surface area contributed by atoms with Crippen molar-refractivity contribution in [2.75, 3.05) is 13.1 Å². The second kappa shape index (κ2) is 5.87. The number of aromatic nitrogens is 2. The molecule has 0 spiro atoms. The molecule has 19 heavy (non-hydrogen) atoms. The lowest BCUT2D eigenvalue weighted by Gasteiger charge is -2.26. The van der Waals surface area contributed by atoms with Gasteiger partial charge in [0, 0.05) is 12.6 Å². The van der Waals surface area contributed by atoms with Gasteiger partial charge in [0.05, 0.1) is 18.2 Å². The summed E-state index contributed by atoms with van der Waals surface area (Å²) in [5, 5.41) is 7.81. The molecule has 1 aromatic rings. The molecule has 1 saturated heterocycles. The number of Topliss-reactive ketones (excluding diaryl/α,β-unsaturated/α-hetero) is 1. The molecule has 0 unspecified atom stereocenters. The van der Waals surface area contributed by atoms with Crippen LogP contribution < -0.4 is 5.32 Å². The van der Waals surface area contributed by atoms with Gasteiger partial charge in [-0.3, -0.25) is 9.48 Å². The van der Waals surface area contributed by atoms with E-state index >= 15 is 0 Å². The zero-order valence-corrected chi connectivity index (χ0v) is 11.5. The molecular weight excluding hydrogens is 238 g/mol. The maximum Gasteiger partial charge on any atom is 0.139 e. The van der Waals surface area contributed by atoms with Crippen LogP contribution in [0.5, 0.6) is 0 Å². The highest BCUT2D eigenvalue weighted by atomic mass is 16.1. The highest BCUT2D eigenvalue weighted by Gasteiger charge is 2.21. The van der Waals surface area contributed by atoms with Crippen LogP contribution in [-0.2, 0) is 11.2 Å². The number of nitrogens with zero attached hydrogens (tertiary/aromatic N) is 2. The number of nitrogens with one attached hydrogen (secondary N) is 1. The van der Waals surface area contributed by atoms with Crippen molar-refractivity contribution in [2.24, 2.45) is 5.92 Å². The average molecular weight is 261 g/mol. The zero-order chi connectivity index (χ0) is 13.1. The molecule has 1 aliphatic carbocycles. The summed E-state index contributed by atoms with van der Waals surface area (Å²) in [6.07, 6.45) is 9.74. The molecule has 1 aromatic heterocycles. The maximum absolute atomic E-state index is 11.9. The van der Waals surface area contributed by atoms with Gasteiger partial charge in [0.2, 0.25) is 0 Å². The second-order valence-corrected chi connectivity index (χ2v) is 6.02. The van der Waals surface area contributed by atoms with Crippen molar-refractivity contribution in [3.8, 4) is 0 Å². The Kier molecular flexibility index (Phi) is 3.97. The normalized spacial score (nSPS) is 21.3. The molecule has 1 aliphatic heterocycles. The van der Waals surface area contributed by atoms with Crippen LogP contribution in [0.4, 0.5) is 0 Å².